The van der Waals surface area contributed by atoms with E-state index < -0.39 is 12.6 Å². The Morgan fingerprint density at radius 2 is 1.72 bits per heavy atom. The van der Waals surface area contributed by atoms with Crippen LogP contribution in [0.1, 0.15) is 43.6 Å². The van der Waals surface area contributed by atoms with E-state index in [0.717, 1.165) is 22.5 Å². The van der Waals surface area contributed by atoms with Crippen LogP contribution in [0.25, 0.3) is 11.0 Å². The summed E-state index contributed by atoms with van der Waals surface area (Å²) in [4.78, 5) is 26.0. The standard InChI is InChI=1S/C29H25NO6/c1-19-15-24(20(2)30(19)16-22-11-8-14-33-22)26(31)18-35-29(32)28-25(17-34-21-9-4-3-5-10-21)23-12-6-7-13-27(23)36-28/h3-15H,16-18H2,1-2H3. The highest BCUT2D eigenvalue weighted by molar-refractivity contribution is 6.01. The normalized spacial score (nSPS) is 11.1. The molecule has 7 nitrogen and oxygen atoms in total. The zero-order valence-electron chi connectivity index (χ0n) is 20.0. The van der Waals surface area contributed by atoms with E-state index in [4.69, 9.17) is 18.3 Å². The third-order valence-electron chi connectivity index (χ3n) is 6.11. The Hall–Kier alpha value is -4.52. The molecule has 182 valence electrons. The molecule has 5 aromatic rings. The van der Waals surface area contributed by atoms with Crippen molar-refractivity contribution in [1.29, 1.82) is 0 Å². The molecule has 0 aliphatic carbocycles. The van der Waals surface area contributed by atoms with Gasteiger partial charge in [0.05, 0.1) is 18.4 Å². The van der Waals surface area contributed by atoms with Crippen molar-refractivity contribution >= 4 is 22.7 Å². The molecule has 0 spiro atoms. The number of hydrogen-bond donors (Lipinski definition) is 0. The lowest BCUT2D eigenvalue weighted by Gasteiger charge is -2.08. The Kier molecular flexibility index (Phi) is 6.45. The van der Waals surface area contributed by atoms with Crippen molar-refractivity contribution in [2.75, 3.05) is 6.61 Å². The first-order valence-electron chi connectivity index (χ1n) is 11.6. The van der Waals surface area contributed by atoms with Crippen molar-refractivity contribution in [1.82, 2.24) is 4.57 Å². The molecule has 0 unspecified atom stereocenters. The second kappa shape index (κ2) is 10.00. The summed E-state index contributed by atoms with van der Waals surface area (Å²) >= 11 is 0. The van der Waals surface area contributed by atoms with Crippen LogP contribution in [0.2, 0.25) is 0 Å². The summed E-state index contributed by atoms with van der Waals surface area (Å²) in [6.07, 6.45) is 1.62. The monoisotopic (exact) mass is 483 g/mol. The summed E-state index contributed by atoms with van der Waals surface area (Å²) in [6.45, 7) is 4.02. The molecular formula is C29H25NO6. The van der Waals surface area contributed by atoms with Crippen molar-refractivity contribution in [3.8, 4) is 5.75 Å². The quantitative estimate of drug-likeness (QED) is 0.186. The largest absolute Gasteiger partial charge is 0.489 e. The minimum atomic E-state index is -0.712. The van der Waals surface area contributed by atoms with Crippen molar-refractivity contribution in [2.24, 2.45) is 0 Å². The predicted octanol–water partition coefficient (Wildman–Crippen LogP) is 6.11. The molecular weight excluding hydrogens is 458 g/mol. The topological polar surface area (TPSA) is 83.8 Å². The average Bonchev–Trinajstić information content (AvgIpc) is 3.61. The summed E-state index contributed by atoms with van der Waals surface area (Å²) < 4.78 is 24.5. The zero-order valence-corrected chi connectivity index (χ0v) is 20.0. The molecule has 3 aromatic heterocycles. The zero-order chi connectivity index (χ0) is 25.1. The predicted molar refractivity (Wildman–Crippen MR) is 133 cm³/mol. The molecule has 0 atom stereocenters. The van der Waals surface area contributed by atoms with Crippen LogP contribution in [0.3, 0.4) is 0 Å². The van der Waals surface area contributed by atoms with Gasteiger partial charge in [-0.15, -0.1) is 0 Å². The molecule has 5 rings (SSSR count). The Morgan fingerprint density at radius 3 is 2.50 bits per heavy atom. The summed E-state index contributed by atoms with van der Waals surface area (Å²) in [6, 6.07) is 22.1. The first kappa shape index (κ1) is 23.2. The first-order valence-corrected chi connectivity index (χ1v) is 11.6. The van der Waals surface area contributed by atoms with E-state index in [2.05, 4.69) is 0 Å². The van der Waals surface area contributed by atoms with Crippen LogP contribution in [-0.2, 0) is 17.9 Å². The van der Waals surface area contributed by atoms with Crippen LogP contribution in [0, 0.1) is 13.8 Å². The van der Waals surface area contributed by atoms with Crippen LogP contribution < -0.4 is 4.74 Å². The lowest BCUT2D eigenvalue weighted by molar-refractivity contribution is 0.0442. The number of ketones is 1. The van der Waals surface area contributed by atoms with Crippen LogP contribution in [0.15, 0.2) is 87.9 Å². The molecule has 2 aromatic carbocycles. The molecule has 0 aliphatic heterocycles. The molecule has 0 bridgehead atoms. The van der Waals surface area contributed by atoms with Gasteiger partial charge in [0.2, 0.25) is 11.5 Å². The van der Waals surface area contributed by atoms with E-state index in [-0.39, 0.29) is 18.2 Å². The third kappa shape index (κ3) is 4.68. The Labute approximate surface area is 207 Å². The second-order valence-electron chi connectivity index (χ2n) is 8.46. The maximum absolute atomic E-state index is 13.0. The number of para-hydroxylation sites is 2. The van der Waals surface area contributed by atoms with E-state index in [9.17, 15) is 9.59 Å². The minimum Gasteiger partial charge on any atom is -0.489 e. The van der Waals surface area contributed by atoms with Crippen LogP contribution in [0.5, 0.6) is 5.75 Å². The molecule has 7 heteroatoms. The van der Waals surface area contributed by atoms with Gasteiger partial charge in [0, 0.05) is 22.3 Å². The highest BCUT2D eigenvalue weighted by Gasteiger charge is 2.24. The highest BCUT2D eigenvalue weighted by Crippen LogP contribution is 2.28. The maximum Gasteiger partial charge on any atom is 0.375 e. The number of esters is 1. The van der Waals surface area contributed by atoms with Crippen molar-refractivity contribution in [3.05, 3.63) is 113 Å². The van der Waals surface area contributed by atoms with Gasteiger partial charge in [-0.2, -0.15) is 0 Å². The second-order valence-corrected chi connectivity index (χ2v) is 8.46. The van der Waals surface area contributed by atoms with Gasteiger partial charge in [-0.3, -0.25) is 4.79 Å². The number of rotatable bonds is 9. The Bertz CT molecular complexity index is 1510. The Balaban J connectivity index is 1.32. The molecule has 0 amide bonds. The Morgan fingerprint density at radius 1 is 0.944 bits per heavy atom. The number of hydrogen-bond acceptors (Lipinski definition) is 6. The van der Waals surface area contributed by atoms with E-state index >= 15 is 0 Å². The number of furan rings is 2. The molecule has 0 fully saturated rings. The molecule has 36 heavy (non-hydrogen) atoms. The van der Waals surface area contributed by atoms with Crippen LogP contribution >= 0.6 is 0 Å². The van der Waals surface area contributed by atoms with Gasteiger partial charge in [0.1, 0.15) is 23.7 Å². The lowest BCUT2D eigenvalue weighted by Crippen LogP contribution is -2.16. The van der Waals surface area contributed by atoms with Gasteiger partial charge in [-0.05, 0) is 50.2 Å². The van der Waals surface area contributed by atoms with Crippen molar-refractivity contribution < 1.29 is 27.9 Å². The highest BCUT2D eigenvalue weighted by atomic mass is 16.5. The first-order chi connectivity index (χ1) is 17.5. The number of fused-ring (bicyclic) bond motifs is 1. The van der Waals surface area contributed by atoms with Crippen molar-refractivity contribution in [3.63, 3.8) is 0 Å². The van der Waals surface area contributed by atoms with Gasteiger partial charge in [0.15, 0.2) is 6.61 Å². The van der Waals surface area contributed by atoms with Crippen molar-refractivity contribution in [2.45, 2.75) is 27.0 Å². The SMILES string of the molecule is Cc1cc(C(=O)COC(=O)c2oc3ccccc3c2COc2ccccc2)c(C)n1Cc1ccco1. The summed E-state index contributed by atoms with van der Waals surface area (Å²) in [5.41, 5.74) is 3.32. The van der Waals surface area contributed by atoms with Gasteiger partial charge >= 0.3 is 5.97 Å². The number of carbonyl (C=O) groups is 2. The third-order valence-corrected chi connectivity index (χ3v) is 6.11. The van der Waals surface area contributed by atoms with Gasteiger partial charge in [-0.25, -0.2) is 4.79 Å². The van der Waals surface area contributed by atoms with Crippen LogP contribution in [-0.4, -0.2) is 22.9 Å². The maximum atomic E-state index is 13.0. The lowest BCUT2D eigenvalue weighted by atomic mass is 10.1. The van der Waals surface area contributed by atoms with E-state index in [1.54, 1.807) is 18.4 Å². The molecule has 3 heterocycles. The smallest absolute Gasteiger partial charge is 0.375 e. The molecule has 0 aliphatic rings. The number of nitrogens with zero attached hydrogens (tertiary/aromatic N) is 1. The number of carbonyl (C=O) groups excluding carboxylic acids is 2. The fourth-order valence-electron chi connectivity index (χ4n) is 4.24. The average molecular weight is 484 g/mol. The molecule has 0 saturated carbocycles. The van der Waals surface area contributed by atoms with Gasteiger partial charge in [0.25, 0.3) is 0 Å². The summed E-state index contributed by atoms with van der Waals surface area (Å²) in [5.74, 6) is 0.485. The van der Waals surface area contributed by atoms with E-state index in [1.165, 1.54) is 0 Å². The summed E-state index contributed by atoms with van der Waals surface area (Å²) in [5, 5.41) is 0.758. The van der Waals surface area contributed by atoms with Gasteiger partial charge < -0.3 is 22.9 Å². The number of Topliss-reactive ketones (excluding diaryl/α,β-unsaturated/α-hetero) is 1. The molecule has 0 N–H and O–H groups in total. The van der Waals surface area contributed by atoms with E-state index in [0.29, 0.717) is 29.0 Å². The number of aryl methyl sites for hydroxylation is 1. The summed E-state index contributed by atoms with van der Waals surface area (Å²) in [7, 11) is 0. The van der Waals surface area contributed by atoms with Crippen LogP contribution in [0.4, 0.5) is 0 Å². The minimum absolute atomic E-state index is 0.0308. The molecule has 0 radical (unpaired) electrons. The number of benzene rings is 2. The van der Waals surface area contributed by atoms with Gasteiger partial charge in [-0.1, -0.05) is 36.4 Å². The fraction of sp³-hybridized carbons (Fsp3) is 0.172. The number of aromatic nitrogens is 1. The fourth-order valence-corrected chi connectivity index (χ4v) is 4.24. The molecule has 0 saturated heterocycles. The van der Waals surface area contributed by atoms with E-state index in [1.807, 2.05) is 79.1 Å². The number of ether oxygens (including phenoxy) is 2.